The molecule has 7 heteroatoms. The summed E-state index contributed by atoms with van der Waals surface area (Å²) >= 11 is 1.64. The maximum absolute atomic E-state index is 5.66. The molecule has 5 nitrogen and oxygen atoms in total. The van der Waals surface area contributed by atoms with Crippen LogP contribution in [0.1, 0.15) is 25.2 Å². The van der Waals surface area contributed by atoms with Crippen molar-refractivity contribution < 1.29 is 4.52 Å². The normalized spacial score (nSPS) is 19.4. The van der Waals surface area contributed by atoms with Gasteiger partial charge in [-0.15, -0.1) is 12.4 Å². The molecule has 0 spiro atoms. The Bertz CT molecular complexity index is 529. The molecule has 0 radical (unpaired) electrons. The van der Waals surface area contributed by atoms with Gasteiger partial charge in [-0.25, -0.2) is 0 Å². The maximum Gasteiger partial charge on any atom is 0.241 e. The van der Waals surface area contributed by atoms with Crippen LogP contribution < -0.4 is 5.73 Å². The maximum atomic E-state index is 5.66. The number of likely N-dealkylation sites (tertiary alicyclic amines) is 1. The van der Waals surface area contributed by atoms with E-state index in [0.717, 1.165) is 38.2 Å². The van der Waals surface area contributed by atoms with Crippen molar-refractivity contribution in [1.82, 2.24) is 15.0 Å². The van der Waals surface area contributed by atoms with Crippen molar-refractivity contribution in [2.45, 2.75) is 25.8 Å². The minimum atomic E-state index is 0. The van der Waals surface area contributed by atoms with Gasteiger partial charge in [0, 0.05) is 17.5 Å². The van der Waals surface area contributed by atoms with Crippen LogP contribution in [0.25, 0.3) is 11.4 Å². The molecule has 2 aromatic heterocycles. The Morgan fingerprint density at radius 1 is 1.48 bits per heavy atom. The van der Waals surface area contributed by atoms with E-state index >= 15 is 0 Å². The van der Waals surface area contributed by atoms with Gasteiger partial charge in [-0.05, 0) is 49.7 Å². The third-order valence-corrected chi connectivity index (χ3v) is 4.47. The van der Waals surface area contributed by atoms with E-state index < -0.39 is 0 Å². The number of nitrogens with two attached hydrogens (primary N) is 1. The lowest BCUT2D eigenvalue weighted by molar-refractivity contribution is 0.146. The summed E-state index contributed by atoms with van der Waals surface area (Å²) in [6.07, 6.45) is 3.63. The summed E-state index contributed by atoms with van der Waals surface area (Å²) in [6, 6.07) is 2.01. The summed E-state index contributed by atoms with van der Waals surface area (Å²) in [4.78, 5) is 6.88. The van der Waals surface area contributed by atoms with E-state index in [9.17, 15) is 0 Å². The van der Waals surface area contributed by atoms with Crippen LogP contribution in [-0.4, -0.2) is 34.7 Å². The molecule has 0 bridgehead atoms. The molecular weight excluding hydrogens is 308 g/mol. The van der Waals surface area contributed by atoms with E-state index in [1.54, 1.807) is 11.3 Å². The molecule has 116 valence electrons. The van der Waals surface area contributed by atoms with Crippen LogP contribution in [0.2, 0.25) is 0 Å². The average Bonchev–Trinajstić information content (AvgIpc) is 3.10. The van der Waals surface area contributed by atoms with Crippen LogP contribution in [0.15, 0.2) is 21.3 Å². The molecule has 3 heterocycles. The monoisotopic (exact) mass is 328 g/mol. The van der Waals surface area contributed by atoms with Crippen molar-refractivity contribution in [3.8, 4) is 11.4 Å². The van der Waals surface area contributed by atoms with Gasteiger partial charge in [-0.2, -0.15) is 16.3 Å². The Labute approximate surface area is 134 Å². The van der Waals surface area contributed by atoms with Gasteiger partial charge in [-0.1, -0.05) is 5.16 Å². The quantitative estimate of drug-likeness (QED) is 0.914. The molecule has 3 rings (SSSR count). The third kappa shape index (κ3) is 4.26. The Kier molecular flexibility index (Phi) is 6.17. The summed E-state index contributed by atoms with van der Waals surface area (Å²) < 4.78 is 5.36. The summed E-state index contributed by atoms with van der Waals surface area (Å²) in [5.41, 5.74) is 6.69. The summed E-state index contributed by atoms with van der Waals surface area (Å²) in [6.45, 7) is 3.73. The van der Waals surface area contributed by atoms with E-state index in [1.807, 2.05) is 16.8 Å². The summed E-state index contributed by atoms with van der Waals surface area (Å²) in [5, 5.41) is 8.11. The third-order valence-electron chi connectivity index (χ3n) is 3.78. The minimum Gasteiger partial charge on any atom is -0.338 e. The highest BCUT2D eigenvalue weighted by Gasteiger charge is 2.21. The Hall–Kier alpha value is -0.950. The van der Waals surface area contributed by atoms with Gasteiger partial charge in [0.1, 0.15) is 0 Å². The van der Waals surface area contributed by atoms with Crippen LogP contribution in [0.4, 0.5) is 0 Å². The lowest BCUT2D eigenvalue weighted by Crippen LogP contribution is -2.35. The fourth-order valence-corrected chi connectivity index (χ4v) is 3.42. The standard InChI is InChI=1S/C14H20N4OS.ClH/c15-5-3-11-2-1-6-18(8-11)9-13-16-14(17-19-13)12-4-7-20-10-12;/h4,7,10-11H,1-3,5-6,8-9,15H2;1H. The first-order chi connectivity index (χ1) is 9.85. The molecule has 0 saturated carbocycles. The molecule has 2 N–H and O–H groups in total. The van der Waals surface area contributed by atoms with Crippen molar-refractivity contribution in [2.75, 3.05) is 19.6 Å². The highest BCUT2D eigenvalue weighted by Crippen LogP contribution is 2.22. The average molecular weight is 329 g/mol. The number of hydrogen-bond donors (Lipinski definition) is 1. The van der Waals surface area contributed by atoms with Gasteiger partial charge in [0.2, 0.25) is 11.7 Å². The Morgan fingerprint density at radius 2 is 2.38 bits per heavy atom. The molecule has 1 atom stereocenters. The van der Waals surface area contributed by atoms with Crippen LogP contribution in [-0.2, 0) is 6.54 Å². The van der Waals surface area contributed by atoms with Gasteiger partial charge >= 0.3 is 0 Å². The SMILES string of the molecule is Cl.NCCC1CCCN(Cc2nc(-c3ccsc3)no2)C1. The molecular formula is C14H21ClN4OS. The smallest absolute Gasteiger partial charge is 0.241 e. The molecule has 1 aliphatic heterocycles. The molecule has 1 fully saturated rings. The fraction of sp³-hybridized carbons (Fsp3) is 0.571. The molecule has 1 saturated heterocycles. The van der Waals surface area contributed by atoms with E-state index in [-0.39, 0.29) is 12.4 Å². The second-order valence-electron chi connectivity index (χ2n) is 5.34. The van der Waals surface area contributed by atoms with Crippen molar-refractivity contribution in [1.29, 1.82) is 0 Å². The highest BCUT2D eigenvalue weighted by molar-refractivity contribution is 7.08. The largest absolute Gasteiger partial charge is 0.338 e. The summed E-state index contributed by atoms with van der Waals surface area (Å²) in [7, 11) is 0. The van der Waals surface area contributed by atoms with E-state index in [1.165, 1.54) is 12.8 Å². The van der Waals surface area contributed by atoms with Gasteiger partial charge in [0.15, 0.2) is 0 Å². The molecule has 2 aromatic rings. The van der Waals surface area contributed by atoms with Gasteiger partial charge in [0.05, 0.1) is 6.54 Å². The van der Waals surface area contributed by atoms with Crippen molar-refractivity contribution >= 4 is 23.7 Å². The first-order valence-corrected chi connectivity index (χ1v) is 8.07. The Balaban J connectivity index is 0.00000161. The van der Waals surface area contributed by atoms with Crippen molar-refractivity contribution in [2.24, 2.45) is 11.7 Å². The predicted octanol–water partition coefficient (Wildman–Crippen LogP) is 2.78. The molecule has 0 amide bonds. The number of nitrogens with zero attached hydrogens (tertiary/aromatic N) is 3. The minimum absolute atomic E-state index is 0. The molecule has 0 aliphatic carbocycles. The summed E-state index contributed by atoms with van der Waals surface area (Å²) in [5.74, 6) is 2.12. The van der Waals surface area contributed by atoms with Crippen LogP contribution in [0.3, 0.4) is 0 Å². The van der Waals surface area contributed by atoms with Crippen LogP contribution in [0.5, 0.6) is 0 Å². The van der Waals surface area contributed by atoms with Gasteiger partial charge in [-0.3, -0.25) is 4.90 Å². The number of thiophene rings is 1. The van der Waals surface area contributed by atoms with E-state index in [0.29, 0.717) is 17.6 Å². The van der Waals surface area contributed by atoms with Crippen LogP contribution in [0, 0.1) is 5.92 Å². The van der Waals surface area contributed by atoms with E-state index in [4.69, 9.17) is 10.3 Å². The molecule has 1 unspecified atom stereocenters. The van der Waals surface area contributed by atoms with Gasteiger partial charge < -0.3 is 10.3 Å². The topological polar surface area (TPSA) is 68.2 Å². The lowest BCUT2D eigenvalue weighted by Gasteiger charge is -2.31. The van der Waals surface area contributed by atoms with Crippen LogP contribution >= 0.6 is 23.7 Å². The number of piperidine rings is 1. The first kappa shape index (κ1) is 16.4. The second-order valence-corrected chi connectivity index (χ2v) is 6.12. The number of aromatic nitrogens is 2. The molecule has 0 aromatic carbocycles. The highest BCUT2D eigenvalue weighted by atomic mass is 35.5. The lowest BCUT2D eigenvalue weighted by atomic mass is 9.95. The number of halogens is 1. The van der Waals surface area contributed by atoms with Crippen molar-refractivity contribution in [3.63, 3.8) is 0 Å². The fourth-order valence-electron chi connectivity index (χ4n) is 2.79. The number of rotatable bonds is 5. The first-order valence-electron chi connectivity index (χ1n) is 7.12. The second kappa shape index (κ2) is 7.89. The zero-order valence-corrected chi connectivity index (χ0v) is 13.5. The van der Waals surface area contributed by atoms with Gasteiger partial charge in [0.25, 0.3) is 0 Å². The van der Waals surface area contributed by atoms with E-state index in [2.05, 4.69) is 15.0 Å². The predicted molar refractivity (Wildman–Crippen MR) is 86.5 cm³/mol. The van der Waals surface area contributed by atoms with Crippen molar-refractivity contribution in [3.05, 3.63) is 22.7 Å². The number of hydrogen-bond acceptors (Lipinski definition) is 6. The molecule has 1 aliphatic rings. The zero-order valence-electron chi connectivity index (χ0n) is 11.9. The Morgan fingerprint density at radius 3 is 3.14 bits per heavy atom. The molecule has 21 heavy (non-hydrogen) atoms. The zero-order chi connectivity index (χ0) is 13.8.